The first kappa shape index (κ1) is 13.4. The highest BCUT2D eigenvalue weighted by atomic mass is 16.5. The summed E-state index contributed by atoms with van der Waals surface area (Å²) in [6.45, 7) is 1.22. The summed E-state index contributed by atoms with van der Waals surface area (Å²) in [6, 6.07) is 17.8. The number of rotatable bonds is 4. The number of carbonyl (C=O) groups is 1. The molecule has 1 atom stereocenters. The van der Waals surface area contributed by atoms with Crippen LogP contribution in [0.5, 0.6) is 5.75 Å². The zero-order valence-corrected chi connectivity index (χ0v) is 11.7. The first-order chi connectivity index (χ1) is 10.3. The van der Waals surface area contributed by atoms with Gasteiger partial charge in [0.2, 0.25) is 5.91 Å². The Bertz CT molecular complexity index is 649. The molecule has 0 saturated heterocycles. The highest BCUT2D eigenvalue weighted by molar-refractivity contribution is 5.91. The molecule has 3 rings (SSSR count). The van der Waals surface area contributed by atoms with Crippen molar-refractivity contribution in [3.63, 3.8) is 0 Å². The summed E-state index contributed by atoms with van der Waals surface area (Å²) in [6.07, 6.45) is 3.38. The van der Waals surface area contributed by atoms with Gasteiger partial charge in [0.25, 0.3) is 0 Å². The molecule has 0 spiro atoms. The fourth-order valence-corrected chi connectivity index (χ4v) is 2.42. The number of hydrogen-bond acceptors (Lipinski definition) is 2. The molecule has 0 radical (unpaired) electrons. The number of para-hydroxylation sites is 1. The first-order valence-electron chi connectivity index (χ1n) is 7.05. The molecule has 2 aromatic carbocycles. The predicted molar refractivity (Wildman–Crippen MR) is 83.2 cm³/mol. The Morgan fingerprint density at radius 2 is 1.90 bits per heavy atom. The van der Waals surface area contributed by atoms with Gasteiger partial charge >= 0.3 is 0 Å². The Hall–Kier alpha value is -2.55. The van der Waals surface area contributed by atoms with E-state index >= 15 is 0 Å². The van der Waals surface area contributed by atoms with Crippen molar-refractivity contribution in [3.05, 3.63) is 71.8 Å². The predicted octanol–water partition coefficient (Wildman–Crippen LogP) is 2.99. The van der Waals surface area contributed by atoms with Crippen LogP contribution in [0.3, 0.4) is 0 Å². The van der Waals surface area contributed by atoms with E-state index < -0.39 is 0 Å². The van der Waals surface area contributed by atoms with E-state index in [1.54, 1.807) is 6.08 Å². The highest BCUT2D eigenvalue weighted by Gasteiger charge is 2.23. The molecule has 0 bridgehead atoms. The van der Waals surface area contributed by atoms with Gasteiger partial charge in [-0.3, -0.25) is 4.79 Å². The maximum absolute atomic E-state index is 11.8. The number of carbonyl (C=O) groups excluding carboxylic acids is 1. The van der Waals surface area contributed by atoms with E-state index in [9.17, 15) is 4.79 Å². The van der Waals surface area contributed by atoms with Gasteiger partial charge in [0.15, 0.2) is 0 Å². The maximum Gasteiger partial charge on any atom is 0.244 e. The topological polar surface area (TPSA) is 38.3 Å². The number of amides is 1. The molecular weight excluding hydrogens is 262 g/mol. The third-order valence-corrected chi connectivity index (χ3v) is 3.55. The maximum atomic E-state index is 11.8. The summed E-state index contributed by atoms with van der Waals surface area (Å²) in [5, 5.41) is 2.93. The average Bonchev–Trinajstić information content (AvgIpc) is 2.95. The summed E-state index contributed by atoms with van der Waals surface area (Å²) in [5.74, 6) is 1.08. The van der Waals surface area contributed by atoms with Gasteiger partial charge in [-0.1, -0.05) is 48.5 Å². The van der Waals surface area contributed by atoms with Crippen LogP contribution in [0.1, 0.15) is 17.0 Å². The Kier molecular flexibility index (Phi) is 4.01. The van der Waals surface area contributed by atoms with Crippen molar-refractivity contribution in [2.75, 3.05) is 13.2 Å². The Morgan fingerprint density at radius 1 is 1.14 bits per heavy atom. The Morgan fingerprint density at radius 3 is 2.76 bits per heavy atom. The normalized spacial score (nSPS) is 16.5. The minimum atomic E-state index is -0.0803. The Labute approximate surface area is 124 Å². The molecule has 0 aromatic heterocycles. The number of fused-ring (bicyclic) bond motifs is 1. The summed E-state index contributed by atoms with van der Waals surface area (Å²) >= 11 is 0. The molecule has 21 heavy (non-hydrogen) atoms. The van der Waals surface area contributed by atoms with Gasteiger partial charge in [-0.2, -0.15) is 0 Å². The van der Waals surface area contributed by atoms with Gasteiger partial charge in [-0.25, -0.2) is 0 Å². The van der Waals surface area contributed by atoms with E-state index in [1.165, 1.54) is 5.56 Å². The molecule has 3 nitrogen and oxygen atoms in total. The molecule has 3 heteroatoms. The third-order valence-electron chi connectivity index (χ3n) is 3.55. The Balaban J connectivity index is 1.54. The molecule has 1 amide bonds. The minimum Gasteiger partial charge on any atom is -0.493 e. The van der Waals surface area contributed by atoms with Gasteiger partial charge < -0.3 is 10.1 Å². The summed E-state index contributed by atoms with van der Waals surface area (Å²) in [7, 11) is 0. The summed E-state index contributed by atoms with van der Waals surface area (Å²) < 4.78 is 5.60. The van der Waals surface area contributed by atoms with Crippen LogP contribution in [0.25, 0.3) is 6.08 Å². The van der Waals surface area contributed by atoms with Gasteiger partial charge in [0, 0.05) is 24.1 Å². The van der Waals surface area contributed by atoms with Crippen molar-refractivity contribution in [3.8, 4) is 5.75 Å². The smallest absolute Gasteiger partial charge is 0.244 e. The molecule has 1 heterocycles. The van der Waals surface area contributed by atoms with Crippen LogP contribution < -0.4 is 10.1 Å². The molecule has 1 unspecified atom stereocenters. The number of nitrogens with one attached hydrogen (secondary N) is 1. The molecule has 1 aliphatic heterocycles. The first-order valence-corrected chi connectivity index (χ1v) is 7.05. The van der Waals surface area contributed by atoms with Crippen molar-refractivity contribution in [2.24, 2.45) is 0 Å². The van der Waals surface area contributed by atoms with Gasteiger partial charge in [0.05, 0.1) is 6.61 Å². The van der Waals surface area contributed by atoms with E-state index in [4.69, 9.17) is 4.74 Å². The van der Waals surface area contributed by atoms with Crippen molar-refractivity contribution < 1.29 is 9.53 Å². The lowest BCUT2D eigenvalue weighted by atomic mass is 10.0. The van der Waals surface area contributed by atoms with E-state index in [-0.39, 0.29) is 11.8 Å². The minimum absolute atomic E-state index is 0.0803. The number of ether oxygens (including phenoxy) is 1. The molecule has 1 N–H and O–H groups in total. The summed E-state index contributed by atoms with van der Waals surface area (Å²) in [5.41, 5.74) is 2.19. The van der Waals surface area contributed by atoms with Crippen molar-refractivity contribution in [2.45, 2.75) is 5.92 Å². The number of hydrogen-bond donors (Lipinski definition) is 1. The molecule has 2 aromatic rings. The van der Waals surface area contributed by atoms with Crippen molar-refractivity contribution in [1.82, 2.24) is 5.32 Å². The SMILES string of the molecule is O=C(C=Cc1ccccc1)NCC1COc2ccccc21. The number of benzene rings is 2. The second kappa shape index (κ2) is 6.27. The van der Waals surface area contributed by atoms with E-state index in [0.717, 1.165) is 11.3 Å². The van der Waals surface area contributed by atoms with Crippen molar-refractivity contribution >= 4 is 12.0 Å². The van der Waals surface area contributed by atoms with E-state index in [0.29, 0.717) is 13.2 Å². The lowest BCUT2D eigenvalue weighted by Gasteiger charge is -2.08. The second-order valence-electron chi connectivity index (χ2n) is 5.03. The van der Waals surface area contributed by atoms with E-state index in [1.807, 2.05) is 54.6 Å². The fourth-order valence-electron chi connectivity index (χ4n) is 2.42. The van der Waals surface area contributed by atoms with Crippen LogP contribution in [0.2, 0.25) is 0 Å². The lowest BCUT2D eigenvalue weighted by molar-refractivity contribution is -0.116. The molecule has 0 fully saturated rings. The molecule has 1 aliphatic rings. The largest absolute Gasteiger partial charge is 0.493 e. The molecule has 0 saturated carbocycles. The molecule has 0 aliphatic carbocycles. The van der Waals surface area contributed by atoms with Gasteiger partial charge in [-0.05, 0) is 17.7 Å². The monoisotopic (exact) mass is 279 g/mol. The van der Waals surface area contributed by atoms with Crippen LogP contribution in [-0.4, -0.2) is 19.1 Å². The third kappa shape index (κ3) is 3.31. The lowest BCUT2D eigenvalue weighted by Crippen LogP contribution is -2.27. The van der Waals surface area contributed by atoms with Gasteiger partial charge in [0.1, 0.15) is 5.75 Å². The van der Waals surface area contributed by atoms with Crippen LogP contribution in [0, 0.1) is 0 Å². The second-order valence-corrected chi connectivity index (χ2v) is 5.03. The average molecular weight is 279 g/mol. The highest BCUT2D eigenvalue weighted by Crippen LogP contribution is 2.32. The van der Waals surface area contributed by atoms with Crippen molar-refractivity contribution in [1.29, 1.82) is 0 Å². The van der Waals surface area contributed by atoms with Gasteiger partial charge in [-0.15, -0.1) is 0 Å². The van der Waals surface area contributed by atoms with Crippen LogP contribution in [0.4, 0.5) is 0 Å². The standard InChI is InChI=1S/C18H17NO2/c20-18(11-10-14-6-2-1-3-7-14)19-12-15-13-21-17-9-5-4-8-16(15)17/h1-11,15H,12-13H2,(H,19,20). The summed E-state index contributed by atoms with van der Waals surface area (Å²) in [4.78, 5) is 11.8. The molecular formula is C18H17NO2. The zero-order valence-electron chi connectivity index (χ0n) is 11.7. The zero-order chi connectivity index (χ0) is 14.5. The van der Waals surface area contributed by atoms with E-state index in [2.05, 4.69) is 11.4 Å². The van der Waals surface area contributed by atoms with Crippen LogP contribution in [0.15, 0.2) is 60.7 Å². The van der Waals surface area contributed by atoms with Crippen LogP contribution in [-0.2, 0) is 4.79 Å². The van der Waals surface area contributed by atoms with Crippen LogP contribution >= 0.6 is 0 Å². The fraction of sp³-hybridized carbons (Fsp3) is 0.167. The quantitative estimate of drug-likeness (QED) is 0.874. The molecule has 106 valence electrons.